The van der Waals surface area contributed by atoms with E-state index in [0.717, 1.165) is 18.8 Å². The normalized spacial score (nSPS) is 44.8. The lowest BCUT2D eigenvalue weighted by atomic mass is 9.72. The highest BCUT2D eigenvalue weighted by molar-refractivity contribution is 6.18. The molecule has 0 aliphatic carbocycles. The van der Waals surface area contributed by atoms with Gasteiger partial charge in [0.05, 0.1) is 6.17 Å². The lowest BCUT2D eigenvalue weighted by Crippen LogP contribution is -2.55. The summed E-state index contributed by atoms with van der Waals surface area (Å²) in [5.74, 6) is 1.20. The molecule has 3 atom stereocenters. The van der Waals surface area contributed by atoms with E-state index in [0.29, 0.717) is 5.92 Å². The van der Waals surface area contributed by atoms with Crippen molar-refractivity contribution in [3.05, 3.63) is 0 Å². The van der Waals surface area contributed by atoms with Gasteiger partial charge in [0.1, 0.15) is 0 Å². The van der Waals surface area contributed by atoms with Gasteiger partial charge < -0.3 is 5.73 Å². The molecule has 0 spiro atoms. The van der Waals surface area contributed by atoms with E-state index in [-0.39, 0.29) is 11.6 Å². The Morgan fingerprint density at radius 1 is 1.67 bits per heavy atom. The second kappa shape index (κ2) is 3.52. The molecular formula is C9H19ClN2. The maximum absolute atomic E-state index is 6.04. The van der Waals surface area contributed by atoms with Crippen LogP contribution in [0.4, 0.5) is 0 Å². The van der Waals surface area contributed by atoms with Crippen LogP contribution in [0, 0.1) is 11.3 Å². The second-order valence-electron chi connectivity index (χ2n) is 4.30. The molecule has 3 heteroatoms. The van der Waals surface area contributed by atoms with E-state index in [1.54, 1.807) is 0 Å². The Morgan fingerprint density at radius 3 is 2.75 bits per heavy atom. The first kappa shape index (κ1) is 10.3. The monoisotopic (exact) mass is 190 g/mol. The summed E-state index contributed by atoms with van der Waals surface area (Å²) in [6.45, 7) is 5.50. The van der Waals surface area contributed by atoms with Crippen molar-refractivity contribution < 1.29 is 0 Å². The number of likely N-dealkylation sites (tertiary alicyclic amines) is 1. The molecule has 0 saturated carbocycles. The Labute approximate surface area is 80.1 Å². The lowest BCUT2D eigenvalue weighted by Gasteiger charge is -2.46. The number of hydrogen-bond donors (Lipinski definition) is 1. The summed E-state index contributed by atoms with van der Waals surface area (Å²) in [6, 6.07) is 0. The van der Waals surface area contributed by atoms with E-state index in [1.165, 1.54) is 0 Å². The molecule has 1 saturated heterocycles. The van der Waals surface area contributed by atoms with Crippen LogP contribution in [0.3, 0.4) is 0 Å². The van der Waals surface area contributed by atoms with Gasteiger partial charge in [-0.05, 0) is 31.3 Å². The number of nitrogens with two attached hydrogens (primary N) is 1. The summed E-state index contributed by atoms with van der Waals surface area (Å²) in [7, 11) is 2.08. The van der Waals surface area contributed by atoms with Gasteiger partial charge >= 0.3 is 0 Å². The van der Waals surface area contributed by atoms with E-state index in [9.17, 15) is 0 Å². The van der Waals surface area contributed by atoms with Crippen molar-refractivity contribution in [1.29, 1.82) is 0 Å². The fraction of sp³-hybridized carbons (Fsp3) is 1.00. The van der Waals surface area contributed by atoms with Crippen molar-refractivity contribution in [3.8, 4) is 0 Å². The van der Waals surface area contributed by atoms with Gasteiger partial charge in [-0.3, -0.25) is 4.90 Å². The fourth-order valence-corrected chi connectivity index (χ4v) is 2.17. The van der Waals surface area contributed by atoms with Gasteiger partial charge in [-0.15, -0.1) is 11.6 Å². The zero-order valence-electron chi connectivity index (χ0n) is 8.18. The molecule has 1 aliphatic heterocycles. The van der Waals surface area contributed by atoms with Crippen LogP contribution in [-0.2, 0) is 0 Å². The largest absolute Gasteiger partial charge is 0.315 e. The van der Waals surface area contributed by atoms with Crippen molar-refractivity contribution in [2.45, 2.75) is 26.4 Å². The SMILES string of the molecule is CC1C(N)N(C)CCC1(C)CCl. The van der Waals surface area contributed by atoms with Crippen LogP contribution in [-0.4, -0.2) is 30.5 Å². The minimum atomic E-state index is 0.169. The molecule has 2 nitrogen and oxygen atoms in total. The highest BCUT2D eigenvalue weighted by Gasteiger charge is 2.39. The smallest absolute Gasteiger partial charge is 0.0601 e. The summed E-state index contributed by atoms with van der Waals surface area (Å²) in [6.07, 6.45) is 1.32. The molecule has 1 aliphatic rings. The third kappa shape index (κ3) is 1.61. The Morgan fingerprint density at radius 2 is 2.25 bits per heavy atom. The molecule has 12 heavy (non-hydrogen) atoms. The van der Waals surface area contributed by atoms with Crippen molar-refractivity contribution >= 4 is 11.6 Å². The number of halogens is 1. The van der Waals surface area contributed by atoms with Crippen molar-refractivity contribution in [1.82, 2.24) is 4.90 Å². The van der Waals surface area contributed by atoms with Crippen LogP contribution in [0.5, 0.6) is 0 Å². The molecule has 0 aromatic carbocycles. The molecule has 0 aromatic rings. The van der Waals surface area contributed by atoms with Gasteiger partial charge in [-0.1, -0.05) is 13.8 Å². The quantitative estimate of drug-likeness (QED) is 0.635. The van der Waals surface area contributed by atoms with Crippen LogP contribution in [0.25, 0.3) is 0 Å². The Hall–Kier alpha value is 0.210. The Kier molecular flexibility index (Phi) is 3.02. The van der Waals surface area contributed by atoms with E-state index >= 15 is 0 Å². The zero-order chi connectivity index (χ0) is 9.35. The van der Waals surface area contributed by atoms with E-state index in [2.05, 4.69) is 25.8 Å². The van der Waals surface area contributed by atoms with Gasteiger partial charge in [0, 0.05) is 5.88 Å². The molecule has 0 radical (unpaired) electrons. The molecular weight excluding hydrogens is 172 g/mol. The van der Waals surface area contributed by atoms with Crippen LogP contribution < -0.4 is 5.73 Å². The fourth-order valence-electron chi connectivity index (χ4n) is 1.79. The Balaban J connectivity index is 2.71. The third-order valence-corrected chi connectivity index (χ3v) is 4.07. The van der Waals surface area contributed by atoms with Crippen molar-refractivity contribution in [2.75, 3.05) is 19.5 Å². The predicted molar refractivity (Wildman–Crippen MR) is 53.2 cm³/mol. The number of hydrogen-bond acceptors (Lipinski definition) is 2. The van der Waals surface area contributed by atoms with Gasteiger partial charge in [0.15, 0.2) is 0 Å². The number of rotatable bonds is 1. The van der Waals surface area contributed by atoms with Gasteiger partial charge in [-0.2, -0.15) is 0 Å². The molecule has 0 aromatic heterocycles. The highest BCUT2D eigenvalue weighted by Crippen LogP contribution is 2.38. The summed E-state index contributed by atoms with van der Waals surface area (Å²) < 4.78 is 0. The number of nitrogens with zero attached hydrogens (tertiary/aromatic N) is 1. The van der Waals surface area contributed by atoms with Crippen LogP contribution in [0.15, 0.2) is 0 Å². The van der Waals surface area contributed by atoms with E-state index < -0.39 is 0 Å². The molecule has 72 valence electrons. The molecule has 3 unspecified atom stereocenters. The Bertz CT molecular complexity index is 163. The molecule has 2 N–H and O–H groups in total. The van der Waals surface area contributed by atoms with E-state index in [1.807, 2.05) is 0 Å². The second-order valence-corrected chi connectivity index (χ2v) is 4.56. The number of alkyl halides is 1. The van der Waals surface area contributed by atoms with E-state index in [4.69, 9.17) is 17.3 Å². The average molecular weight is 191 g/mol. The van der Waals surface area contributed by atoms with Crippen LogP contribution in [0.1, 0.15) is 20.3 Å². The topological polar surface area (TPSA) is 29.3 Å². The molecule has 1 heterocycles. The minimum absolute atomic E-state index is 0.169. The minimum Gasteiger partial charge on any atom is -0.315 e. The van der Waals surface area contributed by atoms with Gasteiger partial charge in [0.25, 0.3) is 0 Å². The summed E-state index contributed by atoms with van der Waals surface area (Å²) in [4.78, 5) is 2.21. The first-order valence-corrected chi connectivity index (χ1v) is 5.06. The summed E-state index contributed by atoms with van der Waals surface area (Å²) >= 11 is 5.96. The first-order chi connectivity index (χ1) is 5.51. The average Bonchev–Trinajstić information content (AvgIpc) is 2.09. The van der Waals surface area contributed by atoms with Crippen molar-refractivity contribution in [2.24, 2.45) is 17.1 Å². The predicted octanol–water partition coefficient (Wildman–Crippen LogP) is 1.49. The summed E-state index contributed by atoms with van der Waals surface area (Å²) in [5.41, 5.74) is 6.27. The van der Waals surface area contributed by atoms with Gasteiger partial charge in [0.2, 0.25) is 0 Å². The maximum Gasteiger partial charge on any atom is 0.0601 e. The molecule has 0 amide bonds. The highest BCUT2D eigenvalue weighted by atomic mass is 35.5. The number of piperidine rings is 1. The molecule has 0 bridgehead atoms. The first-order valence-electron chi connectivity index (χ1n) is 4.53. The lowest BCUT2D eigenvalue weighted by molar-refractivity contribution is 0.0329. The molecule has 1 fully saturated rings. The van der Waals surface area contributed by atoms with Crippen LogP contribution >= 0.6 is 11.6 Å². The van der Waals surface area contributed by atoms with Gasteiger partial charge in [-0.25, -0.2) is 0 Å². The summed E-state index contributed by atoms with van der Waals surface area (Å²) in [5, 5.41) is 0. The third-order valence-electron chi connectivity index (χ3n) is 3.46. The maximum atomic E-state index is 6.04. The molecule has 1 rings (SSSR count). The zero-order valence-corrected chi connectivity index (χ0v) is 8.93. The standard InChI is InChI=1S/C9H19ClN2/c1-7-8(11)12(3)5-4-9(7,2)6-10/h7-8H,4-6,11H2,1-3H3. The van der Waals surface area contributed by atoms with Crippen molar-refractivity contribution in [3.63, 3.8) is 0 Å². The van der Waals surface area contributed by atoms with Crippen LogP contribution in [0.2, 0.25) is 0 Å².